The minimum absolute atomic E-state index is 0.0437. The highest BCUT2D eigenvalue weighted by Crippen LogP contribution is 2.22. The van der Waals surface area contributed by atoms with E-state index in [0.29, 0.717) is 5.56 Å². The zero-order valence-corrected chi connectivity index (χ0v) is 9.04. The maximum Gasteiger partial charge on any atom is 0.131 e. The van der Waals surface area contributed by atoms with E-state index >= 15 is 0 Å². The van der Waals surface area contributed by atoms with Crippen LogP contribution >= 0.6 is 0 Å². The molecule has 16 heavy (non-hydrogen) atoms. The Labute approximate surface area is 94.8 Å². The van der Waals surface area contributed by atoms with Crippen LogP contribution in [0.3, 0.4) is 0 Å². The van der Waals surface area contributed by atoms with Gasteiger partial charge >= 0.3 is 0 Å². The lowest BCUT2D eigenvalue weighted by Crippen LogP contribution is -2.01. The van der Waals surface area contributed by atoms with Gasteiger partial charge in [-0.3, -0.25) is 0 Å². The number of rotatable bonds is 3. The van der Waals surface area contributed by atoms with Crippen LogP contribution in [0, 0.1) is 5.41 Å². The fourth-order valence-electron chi connectivity index (χ4n) is 1.79. The number of nitrogens with one attached hydrogen (secondary N) is 1. The standard InChI is InChI=1S/C14H14FN/c15-10-14(16)13-8-4-7-12(9-13)11-5-2-1-3-6-11/h2,4-9,16H,1,3,10H2. The summed E-state index contributed by atoms with van der Waals surface area (Å²) in [5.74, 6) is 0. The Morgan fingerprint density at radius 3 is 2.88 bits per heavy atom. The lowest BCUT2D eigenvalue weighted by atomic mass is 9.97. The average Bonchev–Trinajstić information content (AvgIpc) is 2.39. The first-order valence-electron chi connectivity index (χ1n) is 5.42. The summed E-state index contributed by atoms with van der Waals surface area (Å²) >= 11 is 0. The number of alkyl halides is 1. The van der Waals surface area contributed by atoms with Crippen LogP contribution in [0.1, 0.15) is 24.0 Å². The Morgan fingerprint density at radius 1 is 1.31 bits per heavy atom. The van der Waals surface area contributed by atoms with Gasteiger partial charge in [0.15, 0.2) is 0 Å². The first-order valence-corrected chi connectivity index (χ1v) is 5.42. The predicted octanol–water partition coefficient (Wildman–Crippen LogP) is 3.76. The fraction of sp³-hybridized carbons (Fsp3) is 0.214. The average molecular weight is 215 g/mol. The van der Waals surface area contributed by atoms with E-state index < -0.39 is 6.67 Å². The molecule has 1 N–H and O–H groups in total. The number of hydrogen-bond donors (Lipinski definition) is 1. The summed E-state index contributed by atoms with van der Waals surface area (Å²) < 4.78 is 12.4. The molecule has 2 heteroatoms. The molecule has 0 saturated carbocycles. The van der Waals surface area contributed by atoms with Crippen molar-refractivity contribution in [1.82, 2.24) is 0 Å². The normalized spacial score (nSPS) is 14.7. The quantitative estimate of drug-likeness (QED) is 0.742. The maximum absolute atomic E-state index is 12.4. The highest BCUT2D eigenvalue weighted by atomic mass is 19.1. The van der Waals surface area contributed by atoms with Crippen LogP contribution in [0.25, 0.3) is 5.57 Å². The monoisotopic (exact) mass is 215 g/mol. The molecular weight excluding hydrogens is 201 g/mol. The van der Waals surface area contributed by atoms with Crippen molar-refractivity contribution in [2.24, 2.45) is 0 Å². The highest BCUT2D eigenvalue weighted by molar-refractivity contribution is 5.99. The number of halogens is 1. The third kappa shape index (κ3) is 2.27. The summed E-state index contributed by atoms with van der Waals surface area (Å²) in [5, 5.41) is 7.48. The Kier molecular flexibility index (Phi) is 3.30. The molecule has 1 nitrogen and oxygen atoms in total. The van der Waals surface area contributed by atoms with E-state index in [1.165, 1.54) is 5.57 Å². The van der Waals surface area contributed by atoms with Gasteiger partial charge in [0.2, 0.25) is 0 Å². The second-order valence-electron chi connectivity index (χ2n) is 3.83. The van der Waals surface area contributed by atoms with E-state index in [1.807, 2.05) is 18.2 Å². The van der Waals surface area contributed by atoms with Gasteiger partial charge in [0, 0.05) is 0 Å². The molecule has 0 radical (unpaired) electrons. The van der Waals surface area contributed by atoms with E-state index in [4.69, 9.17) is 5.41 Å². The molecule has 0 atom stereocenters. The molecule has 0 bridgehead atoms. The summed E-state index contributed by atoms with van der Waals surface area (Å²) in [6, 6.07) is 7.52. The SMILES string of the molecule is N=C(CF)c1cccc(C2=CCCC=C2)c1. The smallest absolute Gasteiger partial charge is 0.131 e. The van der Waals surface area contributed by atoms with Crippen LogP contribution in [0.15, 0.2) is 42.5 Å². The zero-order chi connectivity index (χ0) is 11.4. The van der Waals surface area contributed by atoms with Gasteiger partial charge in [0.1, 0.15) is 6.67 Å². The van der Waals surface area contributed by atoms with Crippen LogP contribution in [-0.2, 0) is 0 Å². The summed E-state index contributed by atoms with van der Waals surface area (Å²) in [5.41, 5.74) is 2.94. The summed E-state index contributed by atoms with van der Waals surface area (Å²) in [4.78, 5) is 0. The minimum Gasteiger partial charge on any atom is -0.302 e. The maximum atomic E-state index is 12.4. The van der Waals surface area contributed by atoms with Gasteiger partial charge in [0.25, 0.3) is 0 Å². The summed E-state index contributed by atoms with van der Waals surface area (Å²) in [6.45, 7) is -0.710. The first-order chi connectivity index (χ1) is 7.81. The van der Waals surface area contributed by atoms with Crippen molar-refractivity contribution in [3.05, 3.63) is 53.6 Å². The number of hydrogen-bond acceptors (Lipinski definition) is 1. The second kappa shape index (κ2) is 4.88. The predicted molar refractivity (Wildman–Crippen MR) is 65.6 cm³/mol. The fourth-order valence-corrected chi connectivity index (χ4v) is 1.79. The summed E-state index contributed by atoms with van der Waals surface area (Å²) in [7, 11) is 0. The van der Waals surface area contributed by atoms with E-state index in [1.54, 1.807) is 6.07 Å². The van der Waals surface area contributed by atoms with Crippen molar-refractivity contribution in [1.29, 1.82) is 5.41 Å². The minimum atomic E-state index is -0.710. The molecule has 1 aromatic carbocycles. The molecule has 0 amide bonds. The van der Waals surface area contributed by atoms with Crippen LogP contribution in [0.2, 0.25) is 0 Å². The van der Waals surface area contributed by atoms with Gasteiger partial charge < -0.3 is 5.41 Å². The molecule has 0 aliphatic heterocycles. The first kappa shape index (κ1) is 10.8. The van der Waals surface area contributed by atoms with Crippen molar-refractivity contribution in [2.45, 2.75) is 12.8 Å². The topological polar surface area (TPSA) is 23.9 Å². The van der Waals surface area contributed by atoms with Crippen molar-refractivity contribution in [3.8, 4) is 0 Å². The van der Waals surface area contributed by atoms with Gasteiger partial charge in [-0.25, -0.2) is 4.39 Å². The Hall–Kier alpha value is -1.70. The second-order valence-corrected chi connectivity index (χ2v) is 3.83. The molecule has 1 aliphatic rings. The van der Waals surface area contributed by atoms with Crippen LogP contribution in [0.4, 0.5) is 4.39 Å². The van der Waals surface area contributed by atoms with Crippen molar-refractivity contribution < 1.29 is 4.39 Å². The lowest BCUT2D eigenvalue weighted by Gasteiger charge is -2.08. The van der Waals surface area contributed by atoms with Crippen molar-refractivity contribution >= 4 is 11.3 Å². The molecule has 2 rings (SSSR count). The van der Waals surface area contributed by atoms with E-state index in [0.717, 1.165) is 18.4 Å². The third-order valence-corrected chi connectivity index (χ3v) is 2.67. The third-order valence-electron chi connectivity index (χ3n) is 2.67. The largest absolute Gasteiger partial charge is 0.302 e. The van der Waals surface area contributed by atoms with E-state index in [2.05, 4.69) is 18.2 Å². The zero-order valence-electron chi connectivity index (χ0n) is 9.04. The Bertz CT molecular complexity index is 458. The van der Waals surface area contributed by atoms with Gasteiger partial charge in [-0.1, -0.05) is 36.4 Å². The molecule has 1 aromatic rings. The van der Waals surface area contributed by atoms with Gasteiger partial charge in [-0.05, 0) is 35.6 Å². The van der Waals surface area contributed by atoms with Crippen LogP contribution in [-0.4, -0.2) is 12.4 Å². The van der Waals surface area contributed by atoms with Crippen LogP contribution < -0.4 is 0 Å². The van der Waals surface area contributed by atoms with Crippen molar-refractivity contribution in [3.63, 3.8) is 0 Å². The Balaban J connectivity index is 2.32. The highest BCUT2D eigenvalue weighted by Gasteiger charge is 2.05. The van der Waals surface area contributed by atoms with E-state index in [9.17, 15) is 4.39 Å². The number of allylic oxidation sites excluding steroid dienone is 4. The Morgan fingerprint density at radius 2 is 2.19 bits per heavy atom. The van der Waals surface area contributed by atoms with Gasteiger partial charge in [-0.2, -0.15) is 0 Å². The molecule has 82 valence electrons. The molecule has 1 aliphatic carbocycles. The molecule has 0 fully saturated rings. The van der Waals surface area contributed by atoms with Gasteiger partial charge in [0.05, 0.1) is 5.71 Å². The van der Waals surface area contributed by atoms with Gasteiger partial charge in [-0.15, -0.1) is 0 Å². The van der Waals surface area contributed by atoms with Crippen molar-refractivity contribution in [2.75, 3.05) is 6.67 Å². The molecule has 0 aromatic heterocycles. The molecule has 0 saturated heterocycles. The van der Waals surface area contributed by atoms with Crippen LogP contribution in [0.5, 0.6) is 0 Å². The van der Waals surface area contributed by atoms with E-state index in [-0.39, 0.29) is 5.71 Å². The molecule has 0 unspecified atom stereocenters. The lowest BCUT2D eigenvalue weighted by molar-refractivity contribution is 0.580. The molecular formula is C14H14FN. The summed E-state index contributed by atoms with van der Waals surface area (Å²) in [6.07, 6.45) is 8.54. The molecule has 0 heterocycles. The number of benzene rings is 1. The molecule has 0 spiro atoms.